The second-order valence-corrected chi connectivity index (χ2v) is 30.3. The monoisotopic (exact) mass is 1360 g/mol. The minimum atomic E-state index is -4.96. The highest BCUT2D eigenvalue weighted by atomic mass is 31.2. The first-order valence-corrected chi connectivity index (χ1v) is 40.7. The van der Waals surface area contributed by atoms with E-state index in [0.29, 0.717) is 37.5 Å². The van der Waals surface area contributed by atoms with E-state index in [1.54, 1.807) is 0 Å². The van der Waals surface area contributed by atoms with Crippen LogP contribution in [0.25, 0.3) is 0 Å². The van der Waals surface area contributed by atoms with Gasteiger partial charge < -0.3 is 33.8 Å². The number of hydrogen-bond donors (Lipinski definition) is 3. The summed E-state index contributed by atoms with van der Waals surface area (Å²) in [7, 11) is -9.92. The van der Waals surface area contributed by atoms with Crippen LogP contribution in [0, 0.1) is 17.8 Å². The van der Waals surface area contributed by atoms with E-state index in [2.05, 4.69) is 72.8 Å². The summed E-state index contributed by atoms with van der Waals surface area (Å²) < 4.78 is 68.3. The molecule has 3 N–H and O–H groups in total. The zero-order valence-corrected chi connectivity index (χ0v) is 62.0. The van der Waals surface area contributed by atoms with Crippen molar-refractivity contribution in [2.45, 2.75) is 369 Å². The third-order valence-electron chi connectivity index (χ3n) is 16.5. The van der Waals surface area contributed by atoms with Crippen LogP contribution < -0.4 is 0 Å². The Hall–Kier alpha value is -2.46. The number of phosphoric ester groups is 2. The van der Waals surface area contributed by atoms with Crippen molar-refractivity contribution in [1.82, 2.24) is 0 Å². The van der Waals surface area contributed by atoms with E-state index in [1.165, 1.54) is 135 Å². The smallest absolute Gasteiger partial charge is 0.462 e. The van der Waals surface area contributed by atoms with Crippen LogP contribution in [0.2, 0.25) is 0 Å². The lowest BCUT2D eigenvalue weighted by Gasteiger charge is -2.21. The Morgan fingerprint density at radius 1 is 0.333 bits per heavy atom. The predicted molar refractivity (Wildman–Crippen MR) is 377 cm³/mol. The lowest BCUT2D eigenvalue weighted by atomic mass is 10.0. The van der Waals surface area contributed by atoms with Crippen molar-refractivity contribution in [3.05, 3.63) is 24.3 Å². The van der Waals surface area contributed by atoms with E-state index in [0.717, 1.165) is 121 Å². The predicted octanol–water partition coefficient (Wildman–Crippen LogP) is 21.0. The third kappa shape index (κ3) is 67.9. The molecule has 0 fully saturated rings. The van der Waals surface area contributed by atoms with Crippen molar-refractivity contribution in [3.63, 3.8) is 0 Å². The summed E-state index contributed by atoms with van der Waals surface area (Å²) in [5.74, 6) is 0.0399. The largest absolute Gasteiger partial charge is 0.472 e. The fraction of sp³-hybridized carbons (Fsp3) is 0.892. The van der Waals surface area contributed by atoms with Gasteiger partial charge >= 0.3 is 39.5 Å². The van der Waals surface area contributed by atoms with Gasteiger partial charge in [-0.05, 0) is 69.1 Å². The van der Waals surface area contributed by atoms with Gasteiger partial charge in [0, 0.05) is 25.7 Å². The van der Waals surface area contributed by atoms with E-state index in [9.17, 15) is 43.2 Å². The zero-order chi connectivity index (χ0) is 68.7. The Kier molecular flexibility index (Phi) is 62.5. The maximum absolute atomic E-state index is 13.1. The molecule has 0 aliphatic rings. The molecule has 0 aromatic rings. The molecular formula is C74H140O17P2. The van der Waals surface area contributed by atoms with Crippen LogP contribution >= 0.6 is 15.6 Å². The normalized spacial score (nSPS) is 14.3. The first-order chi connectivity index (χ1) is 44.7. The Morgan fingerprint density at radius 3 is 0.871 bits per heavy atom. The van der Waals surface area contributed by atoms with Crippen LogP contribution in [-0.2, 0) is 65.4 Å². The Bertz CT molecular complexity index is 1910. The Labute approximate surface area is 567 Å². The lowest BCUT2D eigenvalue weighted by Crippen LogP contribution is -2.30. The number of aliphatic hydroxyl groups is 1. The lowest BCUT2D eigenvalue weighted by molar-refractivity contribution is -0.161. The summed E-state index contributed by atoms with van der Waals surface area (Å²) in [6.07, 6.45) is 52.4. The second kappa shape index (κ2) is 64.2. The van der Waals surface area contributed by atoms with Gasteiger partial charge in [-0.25, -0.2) is 9.13 Å². The Morgan fingerprint density at radius 2 is 0.581 bits per heavy atom. The summed E-state index contributed by atoms with van der Waals surface area (Å²) in [4.78, 5) is 72.6. The zero-order valence-electron chi connectivity index (χ0n) is 60.2. The first kappa shape index (κ1) is 90.5. The van der Waals surface area contributed by atoms with Gasteiger partial charge in [0.15, 0.2) is 12.2 Å². The van der Waals surface area contributed by atoms with Crippen LogP contribution in [0.1, 0.15) is 350 Å². The van der Waals surface area contributed by atoms with Crippen LogP contribution in [0.3, 0.4) is 0 Å². The molecule has 0 saturated carbocycles. The highest BCUT2D eigenvalue weighted by Crippen LogP contribution is 2.45. The molecule has 2 unspecified atom stereocenters. The number of allylic oxidation sites excluding steroid dienone is 4. The van der Waals surface area contributed by atoms with Crippen molar-refractivity contribution in [2.75, 3.05) is 39.6 Å². The molecule has 0 aromatic heterocycles. The van der Waals surface area contributed by atoms with Crippen molar-refractivity contribution < 1.29 is 80.2 Å². The van der Waals surface area contributed by atoms with Gasteiger partial charge in [0.1, 0.15) is 19.3 Å². The molecule has 0 aliphatic heterocycles. The number of aliphatic hydroxyl groups excluding tert-OH is 1. The third-order valence-corrected chi connectivity index (χ3v) is 18.4. The average molecular weight is 1360 g/mol. The van der Waals surface area contributed by atoms with E-state index in [-0.39, 0.29) is 25.7 Å². The number of carbonyl (C=O) groups is 4. The van der Waals surface area contributed by atoms with Gasteiger partial charge in [-0.1, -0.05) is 297 Å². The van der Waals surface area contributed by atoms with Crippen LogP contribution in [0.4, 0.5) is 0 Å². The molecule has 0 rings (SSSR count). The van der Waals surface area contributed by atoms with Crippen molar-refractivity contribution in [3.8, 4) is 0 Å². The summed E-state index contributed by atoms with van der Waals surface area (Å²) in [6, 6.07) is 0. The molecule has 0 heterocycles. The molecule has 19 heteroatoms. The molecule has 0 saturated heterocycles. The summed E-state index contributed by atoms with van der Waals surface area (Å²) in [5.41, 5.74) is 0. The van der Waals surface area contributed by atoms with Gasteiger partial charge in [-0.3, -0.25) is 37.3 Å². The molecule has 0 bridgehead atoms. The molecule has 93 heavy (non-hydrogen) atoms. The number of unbranched alkanes of at least 4 members (excludes halogenated alkanes) is 35. The fourth-order valence-electron chi connectivity index (χ4n) is 10.7. The number of carbonyl (C=O) groups excluding carboxylic acids is 4. The summed E-state index contributed by atoms with van der Waals surface area (Å²) in [5, 5.41) is 10.6. The molecule has 0 spiro atoms. The highest BCUT2D eigenvalue weighted by Gasteiger charge is 2.30. The molecule has 548 valence electrons. The number of ether oxygens (including phenoxy) is 4. The molecule has 0 aliphatic carbocycles. The van der Waals surface area contributed by atoms with Crippen LogP contribution in [0.5, 0.6) is 0 Å². The van der Waals surface area contributed by atoms with Gasteiger partial charge in [-0.2, -0.15) is 0 Å². The number of esters is 4. The van der Waals surface area contributed by atoms with Gasteiger partial charge in [0.05, 0.1) is 26.4 Å². The first-order valence-electron chi connectivity index (χ1n) is 37.7. The van der Waals surface area contributed by atoms with E-state index >= 15 is 0 Å². The van der Waals surface area contributed by atoms with Crippen molar-refractivity contribution >= 4 is 39.5 Å². The van der Waals surface area contributed by atoms with E-state index in [4.69, 9.17) is 37.0 Å². The topological polar surface area (TPSA) is 237 Å². The highest BCUT2D eigenvalue weighted by molar-refractivity contribution is 7.47. The maximum Gasteiger partial charge on any atom is 0.472 e. The molecule has 0 amide bonds. The minimum absolute atomic E-state index is 0.100. The fourth-order valence-corrected chi connectivity index (χ4v) is 12.3. The number of hydrogen-bond acceptors (Lipinski definition) is 15. The van der Waals surface area contributed by atoms with E-state index < -0.39 is 97.5 Å². The van der Waals surface area contributed by atoms with Crippen molar-refractivity contribution in [1.29, 1.82) is 0 Å². The number of rotatable bonds is 70. The average Bonchev–Trinajstić information content (AvgIpc) is 2.22. The maximum atomic E-state index is 13.1. The molecule has 0 aromatic carbocycles. The minimum Gasteiger partial charge on any atom is -0.462 e. The molecule has 5 atom stereocenters. The SMILES string of the molecule is CCCCCC/C=C\C=C/CCCCCCCC(=O)OC[C@H](COP(=O)(O)OC[C@@H](O)COP(=O)(O)OC[C@@H](COC(=O)CCCCCCCCC(C)C)OC(=O)CCCCCCCCCCC(C)C)OC(=O)CCCCCCCCCCCCCCCCCC(C)C. The van der Waals surface area contributed by atoms with Gasteiger partial charge in [0.25, 0.3) is 0 Å². The van der Waals surface area contributed by atoms with Gasteiger partial charge in [0.2, 0.25) is 0 Å². The molecule has 0 radical (unpaired) electrons. The number of phosphoric acid groups is 2. The van der Waals surface area contributed by atoms with Crippen LogP contribution in [0.15, 0.2) is 24.3 Å². The Balaban J connectivity index is 5.26. The molecular weight excluding hydrogens is 1220 g/mol. The molecule has 17 nitrogen and oxygen atoms in total. The standard InChI is InChI=1S/C74H140O17P2/c1-8-9-10-11-12-13-14-15-17-21-24-27-33-41-48-55-71(76)84-61-69(90-73(78)57-50-43-34-28-25-22-19-16-18-20-23-26-31-38-45-52-65(2)3)63-88-92(80,81)86-59-68(75)60-87-93(82,83)89-64-70(62-85-72(77)56-49-42-37-36-40-47-54-67(6)7)91-74(79)58-51-44-35-30-29-32-39-46-53-66(4)5/h13-15,17,65-70,75H,8-12,16,18-64H2,1-7H3,(H,80,81)(H,82,83)/b14-13-,17-15-/t68-,69-,70-/m1/s1. The van der Waals surface area contributed by atoms with E-state index in [1.807, 2.05) is 0 Å². The second-order valence-electron chi connectivity index (χ2n) is 27.4. The van der Waals surface area contributed by atoms with Gasteiger partial charge in [-0.15, -0.1) is 0 Å². The summed E-state index contributed by atoms with van der Waals surface area (Å²) in [6.45, 7) is 11.7. The van der Waals surface area contributed by atoms with Crippen molar-refractivity contribution in [2.24, 2.45) is 17.8 Å². The quantitative estimate of drug-likeness (QED) is 0.0169. The van der Waals surface area contributed by atoms with Crippen LogP contribution in [-0.4, -0.2) is 96.7 Å². The summed E-state index contributed by atoms with van der Waals surface area (Å²) >= 11 is 0.